The summed E-state index contributed by atoms with van der Waals surface area (Å²) in [6.07, 6.45) is 3.17. The molecule has 1 aromatic carbocycles. The van der Waals surface area contributed by atoms with Crippen molar-refractivity contribution in [3.63, 3.8) is 0 Å². The summed E-state index contributed by atoms with van der Waals surface area (Å²) in [5.74, 6) is 1.21. The van der Waals surface area contributed by atoms with Crippen LogP contribution in [0.3, 0.4) is 0 Å². The summed E-state index contributed by atoms with van der Waals surface area (Å²) < 4.78 is 23.3. The minimum absolute atomic E-state index is 0.116. The summed E-state index contributed by atoms with van der Waals surface area (Å²) in [7, 11) is -2.95. The lowest BCUT2D eigenvalue weighted by Gasteiger charge is -2.24. The number of phenolic OH excluding ortho intramolecular Hbond substituents is 1. The highest BCUT2D eigenvalue weighted by Crippen LogP contribution is 2.26. The van der Waals surface area contributed by atoms with Gasteiger partial charge in [0.15, 0.2) is 9.84 Å². The molecule has 1 aliphatic rings. The number of aromatic hydroxyl groups is 1. The van der Waals surface area contributed by atoms with Gasteiger partial charge >= 0.3 is 0 Å². The van der Waals surface area contributed by atoms with Crippen LogP contribution in [0.4, 0.5) is 5.82 Å². The Kier molecular flexibility index (Phi) is 3.25. The summed E-state index contributed by atoms with van der Waals surface area (Å²) in [4.78, 5) is 4.27. The Morgan fingerprint density at radius 3 is 2.95 bits per heavy atom. The van der Waals surface area contributed by atoms with Gasteiger partial charge in [-0.3, -0.25) is 0 Å². The van der Waals surface area contributed by atoms with Gasteiger partial charge in [0.05, 0.1) is 11.5 Å². The number of phenols is 1. The van der Waals surface area contributed by atoms with Crippen molar-refractivity contribution in [1.29, 1.82) is 0 Å². The van der Waals surface area contributed by atoms with Crippen LogP contribution in [0.1, 0.15) is 12.8 Å². The van der Waals surface area contributed by atoms with Crippen LogP contribution in [0, 0.1) is 0 Å². The quantitative estimate of drug-likeness (QED) is 0.884. The zero-order valence-electron chi connectivity index (χ0n) is 10.9. The smallest absolute Gasteiger partial charge is 0.152 e. The molecule has 0 saturated carbocycles. The maximum absolute atomic E-state index is 11.7. The van der Waals surface area contributed by atoms with Crippen molar-refractivity contribution in [2.45, 2.75) is 18.9 Å². The first-order valence-corrected chi connectivity index (χ1v) is 8.40. The van der Waals surface area contributed by atoms with E-state index in [1.807, 2.05) is 12.1 Å². The minimum Gasteiger partial charge on any atom is -0.508 e. The second-order valence-corrected chi connectivity index (χ2v) is 7.39. The summed E-state index contributed by atoms with van der Waals surface area (Å²) >= 11 is 0. The van der Waals surface area contributed by atoms with Crippen molar-refractivity contribution >= 4 is 26.4 Å². The van der Waals surface area contributed by atoms with Gasteiger partial charge in [-0.15, -0.1) is 0 Å². The van der Waals surface area contributed by atoms with E-state index in [0.29, 0.717) is 12.2 Å². The van der Waals surface area contributed by atoms with Gasteiger partial charge in [0.1, 0.15) is 11.6 Å². The Morgan fingerprint density at radius 1 is 1.30 bits per heavy atom. The highest BCUT2D eigenvalue weighted by molar-refractivity contribution is 7.91. The third kappa shape index (κ3) is 2.70. The maximum atomic E-state index is 11.7. The van der Waals surface area contributed by atoms with Gasteiger partial charge in [-0.05, 0) is 36.4 Å². The van der Waals surface area contributed by atoms with Crippen molar-refractivity contribution < 1.29 is 13.5 Å². The number of aromatic nitrogens is 1. The molecule has 3 rings (SSSR count). The molecule has 1 fully saturated rings. The molecular formula is C14H16N2O3S. The fourth-order valence-electron chi connectivity index (χ4n) is 2.60. The molecule has 106 valence electrons. The molecule has 1 aliphatic heterocycles. The van der Waals surface area contributed by atoms with E-state index in [-0.39, 0.29) is 23.3 Å². The highest BCUT2D eigenvalue weighted by atomic mass is 32.2. The highest BCUT2D eigenvalue weighted by Gasteiger charge is 2.25. The molecule has 0 bridgehead atoms. The van der Waals surface area contributed by atoms with Crippen molar-refractivity contribution in [2.24, 2.45) is 0 Å². The van der Waals surface area contributed by atoms with E-state index in [0.717, 1.165) is 17.2 Å². The van der Waals surface area contributed by atoms with Crippen molar-refractivity contribution in [2.75, 3.05) is 16.8 Å². The second-order valence-electron chi connectivity index (χ2n) is 5.16. The van der Waals surface area contributed by atoms with E-state index in [1.165, 1.54) is 0 Å². The Bertz CT molecular complexity index is 743. The second kappa shape index (κ2) is 4.94. The van der Waals surface area contributed by atoms with Crippen LogP contribution in [0.15, 0.2) is 30.5 Å². The van der Waals surface area contributed by atoms with E-state index >= 15 is 0 Å². The average molecular weight is 292 g/mol. The zero-order valence-corrected chi connectivity index (χ0v) is 11.7. The molecule has 1 unspecified atom stereocenters. The maximum Gasteiger partial charge on any atom is 0.152 e. The van der Waals surface area contributed by atoms with E-state index in [4.69, 9.17) is 0 Å². The molecule has 1 atom stereocenters. The standard InChI is InChI=1S/C14H16N2O3S/c17-12-4-3-10-5-6-15-14(13(10)8-12)16-11-2-1-7-20(18,19)9-11/h3-6,8,11,17H,1-2,7,9H2,(H,15,16). The fourth-order valence-corrected chi connectivity index (χ4v) is 4.24. The average Bonchev–Trinajstić information content (AvgIpc) is 2.38. The van der Waals surface area contributed by atoms with E-state index in [2.05, 4.69) is 10.3 Å². The number of benzene rings is 1. The number of fused-ring (bicyclic) bond motifs is 1. The van der Waals surface area contributed by atoms with Gasteiger partial charge in [0.25, 0.3) is 0 Å². The molecule has 20 heavy (non-hydrogen) atoms. The number of hydrogen-bond acceptors (Lipinski definition) is 5. The number of nitrogens with zero attached hydrogens (tertiary/aromatic N) is 1. The lowest BCUT2D eigenvalue weighted by molar-refractivity contribution is 0.476. The number of pyridine rings is 1. The lowest BCUT2D eigenvalue weighted by Crippen LogP contribution is -2.35. The molecule has 6 heteroatoms. The van der Waals surface area contributed by atoms with Gasteiger partial charge in [0, 0.05) is 17.6 Å². The van der Waals surface area contributed by atoms with Crippen LogP contribution in [0.2, 0.25) is 0 Å². The van der Waals surface area contributed by atoms with Crippen LogP contribution < -0.4 is 5.32 Å². The Morgan fingerprint density at radius 2 is 2.15 bits per heavy atom. The number of anilines is 1. The normalized spacial score (nSPS) is 21.7. The van der Waals surface area contributed by atoms with Crippen LogP contribution >= 0.6 is 0 Å². The zero-order chi connectivity index (χ0) is 14.2. The Balaban J connectivity index is 1.93. The number of hydrogen-bond donors (Lipinski definition) is 2. The van der Waals surface area contributed by atoms with Crippen LogP contribution in [-0.2, 0) is 9.84 Å². The summed E-state index contributed by atoms with van der Waals surface area (Å²) in [5.41, 5.74) is 0. The van der Waals surface area contributed by atoms with E-state index in [1.54, 1.807) is 18.3 Å². The van der Waals surface area contributed by atoms with E-state index < -0.39 is 9.84 Å². The molecule has 2 N–H and O–H groups in total. The number of rotatable bonds is 2. The minimum atomic E-state index is -2.95. The summed E-state index contributed by atoms with van der Waals surface area (Å²) in [6, 6.07) is 6.82. The van der Waals surface area contributed by atoms with Crippen LogP contribution in [0.25, 0.3) is 10.8 Å². The topological polar surface area (TPSA) is 79.3 Å². The molecule has 2 heterocycles. The van der Waals surface area contributed by atoms with Crippen LogP contribution in [-0.4, -0.2) is 36.1 Å². The number of nitrogens with one attached hydrogen (secondary N) is 1. The molecule has 2 aromatic rings. The van der Waals surface area contributed by atoms with Crippen molar-refractivity contribution in [3.8, 4) is 5.75 Å². The van der Waals surface area contributed by atoms with Crippen LogP contribution in [0.5, 0.6) is 5.75 Å². The molecule has 0 amide bonds. The van der Waals surface area contributed by atoms with Crippen molar-refractivity contribution in [3.05, 3.63) is 30.5 Å². The summed E-state index contributed by atoms with van der Waals surface area (Å²) in [6.45, 7) is 0. The Labute approximate surface area is 117 Å². The Hall–Kier alpha value is -1.82. The SMILES string of the molecule is O=S1(=O)CCCC(Nc2nccc3ccc(O)cc23)C1. The summed E-state index contributed by atoms with van der Waals surface area (Å²) in [5, 5.41) is 14.6. The molecule has 1 aromatic heterocycles. The molecule has 0 aliphatic carbocycles. The van der Waals surface area contributed by atoms with E-state index in [9.17, 15) is 13.5 Å². The predicted octanol–water partition coefficient (Wildman–Crippen LogP) is 1.93. The van der Waals surface area contributed by atoms with Gasteiger partial charge in [0.2, 0.25) is 0 Å². The largest absolute Gasteiger partial charge is 0.508 e. The first-order chi connectivity index (χ1) is 9.53. The molecule has 5 nitrogen and oxygen atoms in total. The third-order valence-electron chi connectivity index (χ3n) is 3.55. The predicted molar refractivity (Wildman–Crippen MR) is 78.7 cm³/mol. The third-order valence-corrected chi connectivity index (χ3v) is 5.37. The van der Waals surface area contributed by atoms with Gasteiger partial charge in [-0.2, -0.15) is 0 Å². The number of sulfone groups is 1. The monoisotopic (exact) mass is 292 g/mol. The first-order valence-electron chi connectivity index (χ1n) is 6.58. The molecule has 0 radical (unpaired) electrons. The van der Waals surface area contributed by atoms with Gasteiger partial charge in [-0.1, -0.05) is 6.07 Å². The first kappa shape index (κ1) is 13.2. The lowest BCUT2D eigenvalue weighted by atomic mass is 10.1. The molecular weight excluding hydrogens is 276 g/mol. The van der Waals surface area contributed by atoms with Crippen molar-refractivity contribution in [1.82, 2.24) is 4.98 Å². The molecule has 1 saturated heterocycles. The molecule has 0 spiro atoms. The van der Waals surface area contributed by atoms with Gasteiger partial charge in [-0.25, -0.2) is 13.4 Å². The van der Waals surface area contributed by atoms with Gasteiger partial charge < -0.3 is 10.4 Å². The fraction of sp³-hybridized carbons (Fsp3) is 0.357.